The lowest BCUT2D eigenvalue weighted by atomic mass is 9.61. The Morgan fingerprint density at radius 1 is 1.11 bits per heavy atom. The number of thiazole rings is 1. The van der Waals surface area contributed by atoms with E-state index in [-0.39, 0.29) is 45.8 Å². The lowest BCUT2D eigenvalue weighted by molar-refractivity contribution is -0.125. The van der Waals surface area contributed by atoms with Crippen LogP contribution in [0.15, 0.2) is 46.8 Å². The second-order valence-corrected chi connectivity index (χ2v) is 13.0. The number of nitrogens with zero attached hydrogens (tertiary/aromatic N) is 1. The number of anilines is 1. The van der Waals surface area contributed by atoms with Gasteiger partial charge in [-0.3, -0.25) is 4.79 Å². The summed E-state index contributed by atoms with van der Waals surface area (Å²) >= 11 is 7.63. The van der Waals surface area contributed by atoms with Gasteiger partial charge in [0, 0.05) is 35.0 Å². The molecule has 0 radical (unpaired) electrons. The van der Waals surface area contributed by atoms with Crippen LogP contribution >= 0.6 is 22.9 Å². The maximum atomic E-state index is 13.7. The number of halogens is 4. The van der Waals surface area contributed by atoms with Crippen molar-refractivity contribution in [2.75, 3.05) is 5.32 Å². The Morgan fingerprint density at radius 3 is 2.35 bits per heavy atom. The zero-order valence-electron chi connectivity index (χ0n) is 19.3. The van der Waals surface area contributed by atoms with Crippen molar-refractivity contribution < 1.29 is 31.5 Å². The zero-order valence-corrected chi connectivity index (χ0v) is 21.6. The number of carbonyl (C=O) groups is 1. The molecule has 2 bridgehead atoms. The smallest absolute Gasteiger partial charge is 0.255 e. The fourth-order valence-corrected chi connectivity index (χ4v) is 8.90. The van der Waals surface area contributed by atoms with Crippen molar-refractivity contribution in [3.63, 3.8) is 0 Å². The zero-order chi connectivity index (χ0) is 26.5. The van der Waals surface area contributed by atoms with Gasteiger partial charge >= 0.3 is 0 Å². The van der Waals surface area contributed by atoms with Gasteiger partial charge in [0.2, 0.25) is 0 Å². The Balaban J connectivity index is 1.42. The molecule has 37 heavy (non-hydrogen) atoms. The van der Waals surface area contributed by atoms with E-state index in [9.17, 15) is 31.5 Å². The summed E-state index contributed by atoms with van der Waals surface area (Å²) in [7, 11) is -4.01. The Hall–Kier alpha value is -2.47. The van der Waals surface area contributed by atoms with E-state index in [1.165, 1.54) is 23.5 Å². The number of fused-ring (bicyclic) bond motifs is 2. The second-order valence-electron chi connectivity index (χ2n) is 9.48. The first-order valence-corrected chi connectivity index (χ1v) is 14.4. The number of amides is 1. The molecule has 6 nitrogen and oxygen atoms in total. The molecule has 2 N–H and O–H groups in total. The third-order valence-electron chi connectivity index (χ3n) is 7.40. The Labute approximate surface area is 220 Å². The number of benzene rings is 2. The van der Waals surface area contributed by atoms with Crippen molar-refractivity contribution in [3.05, 3.63) is 75.0 Å². The molecule has 196 valence electrons. The summed E-state index contributed by atoms with van der Waals surface area (Å²) in [5.41, 5.74) is -1.62. The van der Waals surface area contributed by atoms with Crippen molar-refractivity contribution >= 4 is 44.4 Å². The minimum atomic E-state index is -4.01. The van der Waals surface area contributed by atoms with Gasteiger partial charge in [-0.05, 0) is 55.7 Å². The maximum absolute atomic E-state index is 13.7. The molecule has 2 aliphatic rings. The van der Waals surface area contributed by atoms with Crippen LogP contribution in [0.5, 0.6) is 0 Å². The molecule has 0 aliphatic heterocycles. The number of aliphatic hydroxyl groups is 1. The van der Waals surface area contributed by atoms with E-state index in [0.717, 1.165) is 12.5 Å². The first-order chi connectivity index (χ1) is 17.5. The van der Waals surface area contributed by atoms with Crippen molar-refractivity contribution in [1.29, 1.82) is 0 Å². The Kier molecular flexibility index (Phi) is 6.84. The molecule has 12 heteroatoms. The van der Waals surface area contributed by atoms with Crippen LogP contribution in [-0.2, 0) is 15.4 Å². The van der Waals surface area contributed by atoms with Crippen molar-refractivity contribution in [2.24, 2.45) is 11.8 Å². The highest BCUT2D eigenvalue weighted by Crippen LogP contribution is 2.55. The summed E-state index contributed by atoms with van der Waals surface area (Å²) in [6.45, 7) is 0. The van der Waals surface area contributed by atoms with Gasteiger partial charge in [0.05, 0.1) is 15.2 Å². The molecule has 2 atom stereocenters. The number of rotatable bonds is 5. The molecule has 1 aromatic heterocycles. The predicted octanol–water partition coefficient (Wildman–Crippen LogP) is 5.71. The molecule has 0 saturated heterocycles. The first kappa shape index (κ1) is 26.1. The molecule has 2 saturated carbocycles. The Bertz CT molecular complexity index is 1430. The average Bonchev–Trinajstić information content (AvgIpc) is 3.38. The SMILES string of the molecule is O=C(Nc1cc(F)c(F)c(F)c1)c1ccc(Cl)c(S(=O)(=O)C2CC3CCCC(C2)C3(O)c2nccs2)c1. The molecule has 2 unspecified atom stereocenters. The first-order valence-electron chi connectivity index (χ1n) is 11.6. The van der Waals surface area contributed by atoms with E-state index in [4.69, 9.17) is 11.6 Å². The largest absolute Gasteiger partial charge is 0.382 e. The molecule has 1 heterocycles. The monoisotopic (exact) mass is 570 g/mol. The molecule has 5 rings (SSSR count). The molecule has 3 aromatic rings. The third kappa shape index (κ3) is 4.56. The normalized spacial score (nSPS) is 25.6. The number of hydrogen-bond acceptors (Lipinski definition) is 6. The summed E-state index contributed by atoms with van der Waals surface area (Å²) in [6, 6.07) is 4.91. The lowest BCUT2D eigenvalue weighted by Gasteiger charge is -2.50. The van der Waals surface area contributed by atoms with Crippen LogP contribution in [-0.4, -0.2) is 29.7 Å². The van der Waals surface area contributed by atoms with E-state index in [1.54, 1.807) is 11.6 Å². The van der Waals surface area contributed by atoms with Gasteiger partial charge in [-0.2, -0.15) is 0 Å². The molecule has 2 fully saturated rings. The van der Waals surface area contributed by atoms with Gasteiger partial charge < -0.3 is 10.4 Å². The number of carbonyl (C=O) groups excluding carboxylic acids is 1. The van der Waals surface area contributed by atoms with E-state index in [2.05, 4.69) is 10.3 Å². The summed E-state index contributed by atoms with van der Waals surface area (Å²) in [5, 5.41) is 15.4. The van der Waals surface area contributed by atoms with E-state index < -0.39 is 44.0 Å². The van der Waals surface area contributed by atoms with Crippen molar-refractivity contribution in [2.45, 2.75) is 47.9 Å². The lowest BCUT2D eigenvalue weighted by Crippen LogP contribution is -2.52. The van der Waals surface area contributed by atoms with Gasteiger partial charge in [-0.15, -0.1) is 11.3 Å². The van der Waals surface area contributed by atoms with Gasteiger partial charge in [0.25, 0.3) is 5.91 Å². The highest BCUT2D eigenvalue weighted by molar-refractivity contribution is 7.92. The van der Waals surface area contributed by atoms with Crippen LogP contribution in [0, 0.1) is 29.3 Å². The van der Waals surface area contributed by atoms with Gasteiger partial charge in [0.15, 0.2) is 27.3 Å². The fourth-order valence-electron chi connectivity index (χ4n) is 5.61. The Morgan fingerprint density at radius 2 is 1.76 bits per heavy atom. The third-order valence-corrected chi connectivity index (χ3v) is 11.0. The van der Waals surface area contributed by atoms with Crippen LogP contribution in [0.2, 0.25) is 5.02 Å². The van der Waals surface area contributed by atoms with Gasteiger partial charge in [0.1, 0.15) is 10.6 Å². The predicted molar refractivity (Wildman–Crippen MR) is 133 cm³/mol. The van der Waals surface area contributed by atoms with E-state index in [0.29, 0.717) is 30.0 Å². The summed E-state index contributed by atoms with van der Waals surface area (Å²) in [6.07, 6.45) is 4.28. The van der Waals surface area contributed by atoms with Crippen LogP contribution in [0.3, 0.4) is 0 Å². The minimum absolute atomic E-state index is 0.0682. The second kappa shape index (κ2) is 9.68. The minimum Gasteiger partial charge on any atom is -0.382 e. The number of nitrogens with one attached hydrogen (secondary N) is 1. The van der Waals surface area contributed by atoms with E-state index >= 15 is 0 Å². The van der Waals surface area contributed by atoms with Crippen LogP contribution in [0.1, 0.15) is 47.5 Å². The number of sulfone groups is 1. The molecule has 2 aliphatic carbocycles. The number of hydrogen-bond donors (Lipinski definition) is 2. The summed E-state index contributed by atoms with van der Waals surface area (Å²) in [5.74, 6) is -6.06. The van der Waals surface area contributed by atoms with Crippen LogP contribution < -0.4 is 5.32 Å². The van der Waals surface area contributed by atoms with Gasteiger partial charge in [-0.25, -0.2) is 26.6 Å². The van der Waals surface area contributed by atoms with E-state index in [1.807, 2.05) is 0 Å². The summed E-state index contributed by atoms with van der Waals surface area (Å²) in [4.78, 5) is 16.8. The van der Waals surface area contributed by atoms with Crippen LogP contribution in [0.4, 0.5) is 18.9 Å². The van der Waals surface area contributed by atoms with Crippen molar-refractivity contribution in [3.8, 4) is 0 Å². The molecule has 1 amide bonds. The highest BCUT2D eigenvalue weighted by Gasteiger charge is 2.55. The maximum Gasteiger partial charge on any atom is 0.255 e. The topological polar surface area (TPSA) is 96.4 Å². The summed E-state index contributed by atoms with van der Waals surface area (Å²) < 4.78 is 67.8. The van der Waals surface area contributed by atoms with Gasteiger partial charge in [-0.1, -0.05) is 18.0 Å². The van der Waals surface area contributed by atoms with Crippen molar-refractivity contribution in [1.82, 2.24) is 4.98 Å². The molecule has 2 aromatic carbocycles. The fraction of sp³-hybridized carbons (Fsp3) is 0.360. The number of aromatic nitrogens is 1. The van der Waals surface area contributed by atoms with Crippen LogP contribution in [0.25, 0.3) is 0 Å². The molecular formula is C25H22ClF3N2O4S2. The molecular weight excluding hydrogens is 549 g/mol. The quantitative estimate of drug-likeness (QED) is 0.383. The standard InChI is InChI=1S/C25H22ClF3N2O4S2/c26-18-5-4-13(23(32)31-16-11-19(27)22(29)20(28)12-16)8-21(18)37(34,35)17-9-14-2-1-3-15(10-17)25(14,33)24-30-6-7-36-24/h4-8,11-12,14-15,17,33H,1-3,9-10H2,(H,31,32). The average molecular weight is 571 g/mol. The highest BCUT2D eigenvalue weighted by atomic mass is 35.5. The molecule has 0 spiro atoms.